The molecule has 1 aliphatic heterocycles. The van der Waals surface area contributed by atoms with Crippen LogP contribution in [0.4, 0.5) is 5.69 Å². The van der Waals surface area contributed by atoms with Crippen molar-refractivity contribution in [2.45, 2.75) is 25.9 Å². The van der Waals surface area contributed by atoms with Crippen molar-refractivity contribution in [1.82, 2.24) is 5.32 Å². The van der Waals surface area contributed by atoms with Gasteiger partial charge in [-0.25, -0.2) is 4.79 Å². The first kappa shape index (κ1) is 16.8. The predicted molar refractivity (Wildman–Crippen MR) is 89.0 cm³/mol. The molecule has 1 unspecified atom stereocenters. The molecule has 0 aliphatic carbocycles. The number of fused-ring (bicyclic) bond motifs is 1. The van der Waals surface area contributed by atoms with Gasteiger partial charge in [0.25, 0.3) is 5.91 Å². The van der Waals surface area contributed by atoms with Crippen LogP contribution in [0.25, 0.3) is 0 Å². The number of rotatable bonds is 4. The molecule has 25 heavy (non-hydrogen) atoms. The second kappa shape index (κ2) is 6.80. The van der Waals surface area contributed by atoms with Crippen molar-refractivity contribution >= 4 is 23.5 Å². The molecule has 0 bridgehead atoms. The van der Waals surface area contributed by atoms with Crippen LogP contribution in [0.3, 0.4) is 0 Å². The summed E-state index contributed by atoms with van der Waals surface area (Å²) in [5, 5.41) is 2.60. The number of benzene rings is 1. The van der Waals surface area contributed by atoms with Crippen LogP contribution in [0.15, 0.2) is 40.8 Å². The van der Waals surface area contributed by atoms with Crippen molar-refractivity contribution in [1.29, 1.82) is 0 Å². The first-order chi connectivity index (χ1) is 12.0. The van der Waals surface area contributed by atoms with Gasteiger partial charge in [0, 0.05) is 19.0 Å². The first-order valence-corrected chi connectivity index (χ1v) is 7.83. The van der Waals surface area contributed by atoms with Crippen molar-refractivity contribution in [3.8, 4) is 0 Å². The van der Waals surface area contributed by atoms with Crippen molar-refractivity contribution in [3.05, 3.63) is 53.5 Å². The maximum atomic E-state index is 12.9. The minimum Gasteiger partial charge on any atom is -0.467 e. The number of carbonyl (C=O) groups is 3. The second-order valence-corrected chi connectivity index (χ2v) is 5.72. The van der Waals surface area contributed by atoms with Crippen molar-refractivity contribution < 1.29 is 23.5 Å². The third kappa shape index (κ3) is 3.26. The zero-order chi connectivity index (χ0) is 18.0. The minimum atomic E-state index is -0.723. The Labute approximate surface area is 144 Å². The van der Waals surface area contributed by atoms with Crippen LogP contribution in [-0.2, 0) is 27.3 Å². The summed E-state index contributed by atoms with van der Waals surface area (Å²) in [5.74, 6) is -0.529. The molecule has 0 saturated heterocycles. The fourth-order valence-corrected chi connectivity index (χ4v) is 2.88. The van der Waals surface area contributed by atoms with E-state index in [1.807, 2.05) is 18.2 Å². The Morgan fingerprint density at radius 1 is 1.24 bits per heavy atom. The minimum absolute atomic E-state index is 0.103. The van der Waals surface area contributed by atoms with Crippen molar-refractivity contribution in [2.24, 2.45) is 0 Å². The van der Waals surface area contributed by atoms with Crippen LogP contribution in [0.5, 0.6) is 0 Å². The number of para-hydroxylation sites is 1. The molecule has 1 aromatic carbocycles. The summed E-state index contributed by atoms with van der Waals surface area (Å²) < 4.78 is 10.4. The zero-order valence-electron chi connectivity index (χ0n) is 13.9. The smallest absolute Gasteiger partial charge is 0.329 e. The van der Waals surface area contributed by atoms with Gasteiger partial charge < -0.3 is 14.5 Å². The van der Waals surface area contributed by atoms with Crippen LogP contribution in [-0.4, -0.2) is 30.9 Å². The summed E-state index contributed by atoms with van der Waals surface area (Å²) in [6.07, 6.45) is 0.397. The molecular weight excluding hydrogens is 324 g/mol. The molecular formula is C18H18N2O5. The summed E-state index contributed by atoms with van der Waals surface area (Å²) in [6.45, 7) is 1.59. The number of esters is 1. The quantitative estimate of drug-likeness (QED) is 0.854. The Kier molecular flexibility index (Phi) is 4.56. The lowest BCUT2D eigenvalue weighted by molar-refractivity contribution is -0.141. The highest BCUT2D eigenvalue weighted by Crippen LogP contribution is 2.34. The summed E-state index contributed by atoms with van der Waals surface area (Å²) in [4.78, 5) is 37.4. The Morgan fingerprint density at radius 2 is 2.00 bits per heavy atom. The molecule has 1 aromatic heterocycles. The molecule has 0 radical (unpaired) electrons. The van der Waals surface area contributed by atoms with E-state index in [9.17, 15) is 14.4 Å². The van der Waals surface area contributed by atoms with E-state index in [0.29, 0.717) is 17.9 Å². The maximum absolute atomic E-state index is 12.9. The Hall–Kier alpha value is -3.09. The highest BCUT2D eigenvalue weighted by Gasteiger charge is 2.40. The number of hydrogen-bond acceptors (Lipinski definition) is 5. The normalized spacial score (nSPS) is 15.6. The molecule has 3 rings (SSSR count). The monoisotopic (exact) mass is 342 g/mol. The number of nitrogens with zero attached hydrogens (tertiary/aromatic N) is 1. The molecule has 7 heteroatoms. The number of amides is 2. The predicted octanol–water partition coefficient (Wildman–Crippen LogP) is 1.66. The van der Waals surface area contributed by atoms with Gasteiger partial charge in [-0.1, -0.05) is 18.2 Å². The lowest BCUT2D eigenvalue weighted by Gasteiger charge is -2.22. The Balaban J connectivity index is 1.88. The fourth-order valence-electron chi connectivity index (χ4n) is 2.88. The average molecular weight is 342 g/mol. The molecule has 130 valence electrons. The molecule has 1 aliphatic rings. The summed E-state index contributed by atoms with van der Waals surface area (Å²) in [5.41, 5.74) is 1.57. The van der Waals surface area contributed by atoms with Crippen LogP contribution < -0.4 is 10.2 Å². The fraction of sp³-hybridized carbons (Fsp3) is 0.278. The number of carbonyl (C=O) groups excluding carboxylic acids is 3. The molecule has 0 spiro atoms. The van der Waals surface area contributed by atoms with Gasteiger partial charge in [-0.3, -0.25) is 14.5 Å². The highest BCUT2D eigenvalue weighted by atomic mass is 16.5. The first-order valence-electron chi connectivity index (χ1n) is 7.83. The SMILES string of the molecule is COC(=O)C1Cc2ccccc2N1C(=O)c1ccc(CNC(C)=O)o1. The average Bonchev–Trinajstić information content (AvgIpc) is 3.23. The van der Waals surface area contributed by atoms with E-state index in [4.69, 9.17) is 9.15 Å². The van der Waals surface area contributed by atoms with Crippen LogP contribution in [0.2, 0.25) is 0 Å². The third-order valence-electron chi connectivity index (χ3n) is 4.05. The molecule has 0 saturated carbocycles. The van der Waals surface area contributed by atoms with Gasteiger partial charge in [-0.2, -0.15) is 0 Å². The van der Waals surface area contributed by atoms with E-state index in [2.05, 4.69) is 5.32 Å². The molecule has 0 fully saturated rings. The van der Waals surface area contributed by atoms with E-state index < -0.39 is 17.9 Å². The van der Waals surface area contributed by atoms with Crippen LogP contribution in [0, 0.1) is 0 Å². The molecule has 7 nitrogen and oxygen atoms in total. The maximum Gasteiger partial charge on any atom is 0.329 e. The third-order valence-corrected chi connectivity index (χ3v) is 4.05. The summed E-state index contributed by atoms with van der Waals surface area (Å²) in [6, 6.07) is 9.77. The van der Waals surface area contributed by atoms with Crippen molar-refractivity contribution in [3.63, 3.8) is 0 Å². The van der Waals surface area contributed by atoms with Crippen LogP contribution in [0.1, 0.15) is 28.8 Å². The second-order valence-electron chi connectivity index (χ2n) is 5.72. The zero-order valence-corrected chi connectivity index (χ0v) is 13.9. The topological polar surface area (TPSA) is 88.9 Å². The highest BCUT2D eigenvalue weighted by molar-refractivity contribution is 6.09. The van der Waals surface area contributed by atoms with E-state index in [0.717, 1.165) is 5.56 Å². The lowest BCUT2D eigenvalue weighted by atomic mass is 10.1. The number of hydrogen-bond donors (Lipinski definition) is 1. The van der Waals surface area contributed by atoms with E-state index >= 15 is 0 Å². The van der Waals surface area contributed by atoms with E-state index in [1.165, 1.54) is 25.0 Å². The number of methoxy groups -OCH3 is 1. The van der Waals surface area contributed by atoms with Crippen molar-refractivity contribution in [2.75, 3.05) is 12.0 Å². The van der Waals surface area contributed by atoms with Gasteiger partial charge in [0.1, 0.15) is 11.8 Å². The molecule has 2 amide bonds. The van der Waals surface area contributed by atoms with Gasteiger partial charge in [0.15, 0.2) is 5.76 Å². The Morgan fingerprint density at radius 3 is 2.72 bits per heavy atom. The van der Waals surface area contributed by atoms with Gasteiger partial charge in [-0.15, -0.1) is 0 Å². The van der Waals surface area contributed by atoms with E-state index in [1.54, 1.807) is 12.1 Å². The van der Waals surface area contributed by atoms with Gasteiger partial charge in [-0.05, 0) is 23.8 Å². The van der Waals surface area contributed by atoms with E-state index in [-0.39, 0.29) is 18.2 Å². The van der Waals surface area contributed by atoms with Crippen LogP contribution >= 0.6 is 0 Å². The van der Waals surface area contributed by atoms with Gasteiger partial charge >= 0.3 is 5.97 Å². The largest absolute Gasteiger partial charge is 0.467 e. The molecule has 1 N–H and O–H groups in total. The number of furan rings is 1. The van der Waals surface area contributed by atoms with Gasteiger partial charge in [0.05, 0.1) is 13.7 Å². The summed E-state index contributed by atoms with van der Waals surface area (Å²) in [7, 11) is 1.30. The number of ether oxygens (including phenoxy) is 1. The molecule has 2 heterocycles. The van der Waals surface area contributed by atoms with Gasteiger partial charge in [0.2, 0.25) is 5.91 Å². The standard InChI is InChI=1S/C18H18N2O5/c1-11(21)19-10-13-7-8-16(25-13)17(22)20-14-6-4-3-5-12(14)9-15(20)18(23)24-2/h3-8,15H,9-10H2,1-2H3,(H,19,21). The summed E-state index contributed by atoms with van der Waals surface area (Å²) >= 11 is 0. The molecule has 2 aromatic rings. The number of anilines is 1. The lowest BCUT2D eigenvalue weighted by Crippen LogP contribution is -2.43. The number of nitrogens with one attached hydrogen (secondary N) is 1. The molecule has 1 atom stereocenters. The Bertz CT molecular complexity index is 826.